The lowest BCUT2D eigenvalue weighted by molar-refractivity contribution is -0.327. The maximum absolute atomic E-state index is 12.5. The van der Waals surface area contributed by atoms with Crippen molar-refractivity contribution >= 4 is 42.0 Å². The Hall–Kier alpha value is -8.68. The molecule has 0 bridgehead atoms. The Morgan fingerprint density at radius 1 is 0.287 bits per heavy atom. The van der Waals surface area contributed by atoms with Crippen LogP contribution in [0.25, 0.3) is 0 Å². The first-order valence-corrected chi connectivity index (χ1v) is 32.6. The Bertz CT molecular complexity index is 2980. The number of alkyl halides is 8. The molecule has 0 saturated heterocycles. The lowest BCUT2D eigenvalue weighted by Gasteiger charge is -2.37. The molecule has 0 aliphatic heterocycles. The van der Waals surface area contributed by atoms with Crippen LogP contribution in [0.15, 0.2) is 252 Å². The van der Waals surface area contributed by atoms with Crippen molar-refractivity contribution in [1.82, 2.24) is 0 Å². The highest BCUT2D eigenvalue weighted by atomic mass is 32.2. The highest BCUT2D eigenvalue weighted by Gasteiger charge is 2.84. The maximum atomic E-state index is 12.5. The smallest absolute Gasteiger partial charge is 0.402 e. The third kappa shape index (κ3) is 23.1. The van der Waals surface area contributed by atoms with Crippen molar-refractivity contribution in [3.63, 3.8) is 0 Å². The Kier molecular flexibility index (Phi) is 31.8. The van der Waals surface area contributed by atoms with E-state index < -0.39 is 42.6 Å². The zero-order valence-corrected chi connectivity index (χ0v) is 53.3. The van der Waals surface area contributed by atoms with Crippen molar-refractivity contribution in [2.75, 3.05) is 79.3 Å². The van der Waals surface area contributed by atoms with E-state index in [2.05, 4.69) is 112 Å². The molecule has 18 nitrogen and oxygen atoms in total. The molecule has 0 heterocycles. The zero-order chi connectivity index (χ0) is 69.3. The molecule has 30 heteroatoms. The first-order valence-electron chi connectivity index (χ1n) is 27.4. The van der Waals surface area contributed by atoms with Gasteiger partial charge in [0.2, 0.25) is 0 Å². The number of halogens is 8. The number of benzene rings is 6. The van der Waals surface area contributed by atoms with Crippen molar-refractivity contribution in [3.05, 3.63) is 223 Å². The van der Waals surface area contributed by atoms with Gasteiger partial charge >= 0.3 is 22.4 Å². The average molecular weight is 1400 g/mol. The van der Waals surface area contributed by atoms with Crippen LogP contribution < -0.4 is 28.4 Å². The van der Waals surface area contributed by atoms with Gasteiger partial charge in [-0.2, -0.15) is 35.1 Å². The molecule has 0 aromatic heterocycles. The van der Waals surface area contributed by atoms with Crippen LogP contribution in [0.3, 0.4) is 0 Å². The second-order valence-electron chi connectivity index (χ2n) is 17.8. The summed E-state index contributed by atoms with van der Waals surface area (Å²) in [4.78, 5) is 6.98. The van der Waals surface area contributed by atoms with E-state index in [9.17, 15) is 61.1 Å². The van der Waals surface area contributed by atoms with Crippen LogP contribution in [0.4, 0.5) is 35.1 Å². The molecule has 0 aliphatic carbocycles. The Morgan fingerprint density at radius 2 is 0.426 bits per heavy atom. The predicted octanol–water partition coefficient (Wildman–Crippen LogP) is 13.3. The van der Waals surface area contributed by atoms with Crippen LogP contribution in [0.5, 0.6) is 34.5 Å². The van der Waals surface area contributed by atoms with Crippen LogP contribution in [-0.4, -0.2) is 128 Å². The van der Waals surface area contributed by atoms with E-state index in [-0.39, 0.29) is 21.8 Å². The quantitative estimate of drug-likeness (QED) is 0.0114. The largest absolute Gasteiger partial charge is 0.743 e. The first-order chi connectivity index (χ1) is 44.7. The van der Waals surface area contributed by atoms with E-state index in [1.54, 1.807) is 0 Å². The maximum Gasteiger partial charge on any atom is 0.402 e. The number of rotatable bonds is 41. The summed E-state index contributed by atoms with van der Waals surface area (Å²) >= 11 is 0. The van der Waals surface area contributed by atoms with E-state index in [0.717, 1.165) is 63.9 Å². The van der Waals surface area contributed by atoms with Crippen molar-refractivity contribution in [3.8, 4) is 34.5 Å². The molecular formula is C64H66F8O18S4. The minimum atomic E-state index is -7.68. The molecule has 0 atom stereocenters. The number of hydrogen-bond donors (Lipinski definition) is 0. The summed E-state index contributed by atoms with van der Waals surface area (Å²) in [5, 5.41) is -14.6. The highest BCUT2D eigenvalue weighted by molar-refractivity contribution is 7.97. The second-order valence-corrected chi connectivity index (χ2v) is 24.7. The normalized spacial score (nSPS) is 11.6. The first kappa shape index (κ1) is 77.8. The third-order valence-electron chi connectivity index (χ3n) is 11.6. The summed E-state index contributed by atoms with van der Waals surface area (Å²) in [5.41, 5.74) is 0. The molecule has 0 radical (unpaired) electrons. The van der Waals surface area contributed by atoms with Gasteiger partial charge in [0.05, 0.1) is 59.4 Å². The van der Waals surface area contributed by atoms with Crippen LogP contribution in [0.1, 0.15) is 0 Å². The van der Waals surface area contributed by atoms with E-state index >= 15 is 0 Å². The van der Waals surface area contributed by atoms with E-state index in [0.29, 0.717) is 79.3 Å². The zero-order valence-electron chi connectivity index (χ0n) is 50.1. The van der Waals surface area contributed by atoms with E-state index in [4.69, 9.17) is 56.8 Å². The molecule has 0 N–H and O–H groups in total. The summed E-state index contributed by atoms with van der Waals surface area (Å²) in [7, 11) is -15.9. The van der Waals surface area contributed by atoms with Crippen LogP contribution >= 0.6 is 0 Å². The Balaban J connectivity index is 0.000000315. The van der Waals surface area contributed by atoms with Gasteiger partial charge in [-0.1, -0.05) is 39.5 Å². The standard InChI is InChI=1S/2C30H33O6S.C4H2F8O6S2/c2*1-4-31-19-22-34-25-7-13-28(14-8-25)37(29-15-9-26(10-16-29)35-23-20-32-5-2)30-17-11-27(12-18-30)36-24-21-33-6-3;5-1(6,3(9,10)19(13,14)15)2(7,8)4(11,12)20(16,17)18/h2*4-18H,1-3,19-24H2;(H,13,14,15)(H,16,17,18)/q2*+1;/p-2. The summed E-state index contributed by atoms with van der Waals surface area (Å²) < 4.78 is 223. The topological polar surface area (TPSA) is 225 Å². The minimum Gasteiger partial charge on any atom is -0.743 e. The van der Waals surface area contributed by atoms with Crippen molar-refractivity contribution < 1.29 is 118 Å². The molecule has 6 rings (SSSR count). The molecule has 0 amide bonds. The van der Waals surface area contributed by atoms with Crippen molar-refractivity contribution in [1.29, 1.82) is 0 Å². The molecule has 0 unspecified atom stereocenters. The highest BCUT2D eigenvalue weighted by Crippen LogP contribution is 2.55. The summed E-state index contributed by atoms with van der Waals surface area (Å²) in [5.74, 6) is -10.6. The molecule has 6 aromatic rings. The van der Waals surface area contributed by atoms with Crippen LogP contribution in [0.2, 0.25) is 0 Å². The predicted molar refractivity (Wildman–Crippen MR) is 332 cm³/mol. The van der Waals surface area contributed by atoms with E-state index in [1.165, 1.54) is 37.6 Å². The summed E-state index contributed by atoms with van der Waals surface area (Å²) in [6.07, 6.45) is 8.47. The lowest BCUT2D eigenvalue weighted by Crippen LogP contribution is -2.66. The lowest BCUT2D eigenvalue weighted by atomic mass is 10.2. The minimum absolute atomic E-state index is 0.346. The molecule has 94 heavy (non-hydrogen) atoms. The molecule has 0 fully saturated rings. The van der Waals surface area contributed by atoms with Gasteiger partial charge in [-0.25, -0.2) is 16.8 Å². The van der Waals surface area contributed by atoms with Gasteiger partial charge in [0.1, 0.15) is 114 Å². The van der Waals surface area contributed by atoms with Gasteiger partial charge in [0.15, 0.2) is 49.6 Å². The van der Waals surface area contributed by atoms with Gasteiger partial charge in [-0.3, -0.25) is 0 Å². The van der Waals surface area contributed by atoms with Crippen LogP contribution in [0, 0.1) is 0 Å². The Morgan fingerprint density at radius 3 is 0.543 bits per heavy atom. The fraction of sp³-hybridized carbons (Fsp3) is 0.250. The number of hydrogen-bond acceptors (Lipinski definition) is 18. The summed E-state index contributed by atoms with van der Waals surface area (Å²) in [6, 6.07) is 49.0. The average Bonchev–Trinajstić information content (AvgIpc) is 0.716. The van der Waals surface area contributed by atoms with Gasteiger partial charge in [0, 0.05) is 0 Å². The van der Waals surface area contributed by atoms with Crippen molar-refractivity contribution in [2.45, 2.75) is 51.7 Å². The molecule has 0 spiro atoms. The fourth-order valence-electron chi connectivity index (χ4n) is 7.27. The molecule has 6 aromatic carbocycles. The van der Waals surface area contributed by atoms with Crippen molar-refractivity contribution in [2.24, 2.45) is 0 Å². The molecular weight excluding hydrogens is 1340 g/mol. The van der Waals surface area contributed by atoms with Gasteiger partial charge in [-0.05, 0) is 146 Å². The van der Waals surface area contributed by atoms with Gasteiger partial charge in [-0.15, -0.1) is 0 Å². The fourth-order valence-corrected chi connectivity index (χ4v) is 12.2. The molecule has 0 saturated carbocycles. The monoisotopic (exact) mass is 1400 g/mol. The van der Waals surface area contributed by atoms with Gasteiger partial charge < -0.3 is 65.9 Å². The molecule has 510 valence electrons. The third-order valence-corrected chi connectivity index (χ3v) is 17.9. The van der Waals surface area contributed by atoms with Crippen LogP contribution in [-0.2, 0) is 70.4 Å². The second kappa shape index (κ2) is 38.5. The number of ether oxygens (including phenoxy) is 12. The Labute approximate surface area is 545 Å². The molecule has 0 aliphatic rings. The summed E-state index contributed by atoms with van der Waals surface area (Å²) in [6.45, 7) is 26.7. The van der Waals surface area contributed by atoms with Gasteiger partial charge in [0.25, 0.3) is 0 Å². The SMILES string of the molecule is C=COCCOc1ccc([S+](c2ccc(OCCOC=C)cc2)c2ccc(OCCOC=C)cc2)cc1.C=COCCOc1ccc([S+](c2ccc(OCCOC=C)cc2)c2ccc(OCCOC=C)cc2)cc1.O=S(=O)([O-])C(F)(F)C(F)(F)C(F)(F)C(F)(F)S(=O)(=O)[O-]. The van der Waals surface area contributed by atoms with E-state index in [1.807, 2.05) is 72.8 Å².